The number of benzene rings is 3. The molecule has 134 valence electrons. The molecule has 0 unspecified atom stereocenters. The van der Waals surface area contributed by atoms with Crippen LogP contribution in [0.4, 0.5) is 0 Å². The van der Waals surface area contributed by atoms with E-state index >= 15 is 0 Å². The third-order valence-electron chi connectivity index (χ3n) is 4.62. The summed E-state index contributed by atoms with van der Waals surface area (Å²) in [7, 11) is -3.68. The molecule has 0 atom stereocenters. The minimum atomic E-state index is -3.68. The quantitative estimate of drug-likeness (QED) is 0.713. The Hall–Kier alpha value is -2.43. The van der Waals surface area contributed by atoms with Crippen LogP contribution in [0.2, 0.25) is 0 Å². The van der Waals surface area contributed by atoms with Crippen LogP contribution in [0.1, 0.15) is 33.9 Å². The number of hydrogen-bond acceptors (Lipinski definition) is 2. The van der Waals surface area contributed by atoms with Crippen LogP contribution in [0.3, 0.4) is 0 Å². The SMILES string of the molecule is Cc1cc(C)c(S(=O)(=O)NC(c2ccccc2)c2ccccc2)cc1C. The van der Waals surface area contributed by atoms with Gasteiger partial charge < -0.3 is 0 Å². The lowest BCUT2D eigenvalue weighted by Gasteiger charge is -2.21. The molecular formula is C22H23NO2S. The standard InChI is InChI=1S/C22H23NO2S/c1-16-14-18(3)21(15-17(16)2)26(24,25)23-22(19-10-6-4-7-11-19)20-12-8-5-9-13-20/h4-15,22-23H,1-3H3. The van der Waals surface area contributed by atoms with E-state index < -0.39 is 16.1 Å². The Labute approximate surface area is 155 Å². The van der Waals surface area contributed by atoms with Crippen molar-refractivity contribution >= 4 is 10.0 Å². The van der Waals surface area contributed by atoms with Gasteiger partial charge in [-0.15, -0.1) is 0 Å². The molecule has 0 aliphatic heterocycles. The van der Waals surface area contributed by atoms with E-state index in [1.807, 2.05) is 87.5 Å². The van der Waals surface area contributed by atoms with Crippen LogP contribution in [0, 0.1) is 20.8 Å². The monoisotopic (exact) mass is 365 g/mol. The molecule has 0 saturated carbocycles. The van der Waals surface area contributed by atoms with Gasteiger partial charge in [-0.1, -0.05) is 66.7 Å². The van der Waals surface area contributed by atoms with E-state index in [9.17, 15) is 8.42 Å². The van der Waals surface area contributed by atoms with E-state index in [4.69, 9.17) is 0 Å². The first kappa shape index (κ1) is 18.4. The normalized spacial score (nSPS) is 11.7. The topological polar surface area (TPSA) is 46.2 Å². The van der Waals surface area contributed by atoms with Crippen molar-refractivity contribution in [2.24, 2.45) is 0 Å². The summed E-state index contributed by atoms with van der Waals surface area (Å²) in [5.74, 6) is 0. The Morgan fingerprint density at radius 2 is 1.15 bits per heavy atom. The fourth-order valence-electron chi connectivity index (χ4n) is 3.06. The molecule has 3 aromatic rings. The first-order chi connectivity index (χ1) is 12.4. The lowest BCUT2D eigenvalue weighted by molar-refractivity contribution is 0.571. The highest BCUT2D eigenvalue weighted by molar-refractivity contribution is 7.89. The molecule has 0 saturated heterocycles. The van der Waals surface area contributed by atoms with Gasteiger partial charge in [0.15, 0.2) is 0 Å². The van der Waals surface area contributed by atoms with Crippen molar-refractivity contribution in [3.05, 3.63) is 101 Å². The molecule has 3 nitrogen and oxygen atoms in total. The lowest BCUT2D eigenvalue weighted by atomic mass is 10.00. The highest BCUT2D eigenvalue weighted by Crippen LogP contribution is 2.26. The fraction of sp³-hybridized carbons (Fsp3) is 0.182. The molecule has 0 fully saturated rings. The summed E-state index contributed by atoms with van der Waals surface area (Å²) in [4.78, 5) is 0.331. The molecule has 4 heteroatoms. The maximum atomic E-state index is 13.2. The smallest absolute Gasteiger partial charge is 0.207 e. The Balaban J connectivity index is 2.06. The molecule has 0 aromatic heterocycles. The van der Waals surface area contributed by atoms with Crippen LogP contribution >= 0.6 is 0 Å². The van der Waals surface area contributed by atoms with Crippen molar-refractivity contribution < 1.29 is 8.42 Å². The molecule has 26 heavy (non-hydrogen) atoms. The molecule has 0 aliphatic rings. The second-order valence-electron chi connectivity index (χ2n) is 6.58. The summed E-state index contributed by atoms with van der Waals surface area (Å²) >= 11 is 0. The van der Waals surface area contributed by atoms with Gasteiger partial charge in [0.05, 0.1) is 10.9 Å². The van der Waals surface area contributed by atoms with Crippen molar-refractivity contribution in [2.45, 2.75) is 31.7 Å². The predicted octanol–water partition coefficient (Wildman–Crippen LogP) is 4.68. The minimum Gasteiger partial charge on any atom is -0.207 e. The van der Waals surface area contributed by atoms with Crippen molar-refractivity contribution in [1.29, 1.82) is 0 Å². The van der Waals surface area contributed by atoms with Crippen molar-refractivity contribution in [3.63, 3.8) is 0 Å². The second-order valence-corrected chi connectivity index (χ2v) is 8.26. The molecule has 1 N–H and O–H groups in total. The van der Waals surface area contributed by atoms with Gasteiger partial charge in [-0.05, 0) is 54.7 Å². The van der Waals surface area contributed by atoms with E-state index in [2.05, 4.69) is 4.72 Å². The van der Waals surface area contributed by atoms with E-state index in [0.717, 1.165) is 27.8 Å². The van der Waals surface area contributed by atoms with Crippen LogP contribution in [-0.2, 0) is 10.0 Å². The first-order valence-electron chi connectivity index (χ1n) is 8.58. The van der Waals surface area contributed by atoms with Crippen LogP contribution in [0.5, 0.6) is 0 Å². The number of aryl methyl sites for hydroxylation is 3. The van der Waals surface area contributed by atoms with Crippen LogP contribution < -0.4 is 4.72 Å². The molecule has 3 aromatic carbocycles. The fourth-order valence-corrected chi connectivity index (χ4v) is 4.59. The molecular weight excluding hydrogens is 342 g/mol. The van der Waals surface area contributed by atoms with Gasteiger partial charge in [0.1, 0.15) is 0 Å². The van der Waals surface area contributed by atoms with E-state index in [1.54, 1.807) is 6.07 Å². The summed E-state index contributed by atoms with van der Waals surface area (Å²) in [6.45, 7) is 5.75. The van der Waals surface area contributed by atoms with E-state index in [0.29, 0.717) is 4.90 Å². The Morgan fingerprint density at radius 3 is 1.65 bits per heavy atom. The van der Waals surface area contributed by atoms with Crippen molar-refractivity contribution in [3.8, 4) is 0 Å². The van der Waals surface area contributed by atoms with Gasteiger partial charge in [-0.3, -0.25) is 0 Å². The summed E-state index contributed by atoms with van der Waals surface area (Å²) in [5, 5.41) is 0. The van der Waals surface area contributed by atoms with Gasteiger partial charge in [-0.25, -0.2) is 8.42 Å². The van der Waals surface area contributed by atoms with Crippen LogP contribution in [-0.4, -0.2) is 8.42 Å². The maximum absolute atomic E-state index is 13.2. The maximum Gasteiger partial charge on any atom is 0.241 e. The summed E-state index contributed by atoms with van der Waals surface area (Å²) < 4.78 is 29.2. The van der Waals surface area contributed by atoms with Gasteiger partial charge in [0.2, 0.25) is 10.0 Å². The predicted molar refractivity (Wildman–Crippen MR) is 106 cm³/mol. The van der Waals surface area contributed by atoms with Crippen molar-refractivity contribution in [2.75, 3.05) is 0 Å². The zero-order valence-electron chi connectivity index (χ0n) is 15.2. The van der Waals surface area contributed by atoms with E-state index in [1.165, 1.54) is 0 Å². The summed E-state index contributed by atoms with van der Waals surface area (Å²) in [5.41, 5.74) is 4.61. The molecule has 0 radical (unpaired) electrons. The number of hydrogen-bond donors (Lipinski definition) is 1. The van der Waals surface area contributed by atoms with Crippen LogP contribution in [0.15, 0.2) is 77.7 Å². The summed E-state index contributed by atoms with van der Waals surface area (Å²) in [6, 6.07) is 22.5. The van der Waals surface area contributed by atoms with Gasteiger partial charge in [0, 0.05) is 0 Å². The molecule has 0 amide bonds. The summed E-state index contributed by atoms with van der Waals surface area (Å²) in [6.07, 6.45) is 0. The highest BCUT2D eigenvalue weighted by atomic mass is 32.2. The number of sulfonamides is 1. The van der Waals surface area contributed by atoms with Gasteiger partial charge in [0.25, 0.3) is 0 Å². The highest BCUT2D eigenvalue weighted by Gasteiger charge is 2.24. The third kappa shape index (κ3) is 3.87. The lowest BCUT2D eigenvalue weighted by Crippen LogP contribution is -2.30. The molecule has 0 bridgehead atoms. The zero-order valence-corrected chi connectivity index (χ0v) is 16.0. The average Bonchev–Trinajstić information content (AvgIpc) is 2.64. The Bertz CT molecular complexity index is 958. The molecule has 0 aliphatic carbocycles. The van der Waals surface area contributed by atoms with E-state index in [-0.39, 0.29) is 0 Å². The molecule has 0 spiro atoms. The Morgan fingerprint density at radius 1 is 0.692 bits per heavy atom. The molecule has 0 heterocycles. The Kier molecular flexibility index (Phi) is 5.25. The van der Waals surface area contributed by atoms with Crippen molar-refractivity contribution in [1.82, 2.24) is 4.72 Å². The average molecular weight is 365 g/mol. The largest absolute Gasteiger partial charge is 0.241 e. The number of nitrogens with one attached hydrogen (secondary N) is 1. The zero-order chi connectivity index (χ0) is 18.7. The number of rotatable bonds is 5. The second kappa shape index (κ2) is 7.44. The first-order valence-corrected chi connectivity index (χ1v) is 10.1. The molecule has 3 rings (SSSR count). The van der Waals surface area contributed by atoms with Gasteiger partial charge >= 0.3 is 0 Å². The minimum absolute atomic E-state index is 0.331. The third-order valence-corrected chi connectivity index (χ3v) is 6.18. The van der Waals surface area contributed by atoms with Crippen LogP contribution in [0.25, 0.3) is 0 Å². The van der Waals surface area contributed by atoms with Gasteiger partial charge in [-0.2, -0.15) is 4.72 Å².